The van der Waals surface area contributed by atoms with E-state index in [0.717, 1.165) is 12.0 Å². The van der Waals surface area contributed by atoms with Crippen LogP contribution < -0.4 is 10.5 Å². The topological polar surface area (TPSA) is 64.7 Å². The van der Waals surface area contributed by atoms with Crippen LogP contribution in [0.25, 0.3) is 11.1 Å². The van der Waals surface area contributed by atoms with Gasteiger partial charge in [-0.05, 0) is 53.6 Å². The standard InChI is InChI=1S/C20H20F2N2O2/c1-3-11-6-7-24-20-18(11)13(9-15(22)19(20)16(23)10-25)12-4-5-17(26-2)14(21)8-12/h4-5,7-11,16H,3,6,23H2,1-2H3. The third kappa shape index (κ3) is 3.01. The van der Waals surface area contributed by atoms with Gasteiger partial charge in [-0.2, -0.15) is 0 Å². The summed E-state index contributed by atoms with van der Waals surface area (Å²) in [7, 11) is 1.39. The SMILES string of the molecule is CCC1CC=Nc2c(C(N)C=O)c(F)cc(-c3ccc(OC)c(F)c3)c21. The van der Waals surface area contributed by atoms with Crippen molar-refractivity contribution in [2.45, 2.75) is 31.7 Å². The van der Waals surface area contributed by atoms with Gasteiger partial charge in [-0.3, -0.25) is 4.99 Å². The number of methoxy groups -OCH3 is 1. The minimum atomic E-state index is -1.10. The molecule has 0 bridgehead atoms. The van der Waals surface area contributed by atoms with Crippen LogP contribution in [-0.2, 0) is 4.79 Å². The molecule has 1 aliphatic rings. The normalized spacial score (nSPS) is 16.9. The maximum Gasteiger partial charge on any atom is 0.165 e. The van der Waals surface area contributed by atoms with E-state index in [9.17, 15) is 13.6 Å². The first-order chi connectivity index (χ1) is 12.5. The number of carbonyl (C=O) groups excluding carboxylic acids is 1. The first-order valence-electron chi connectivity index (χ1n) is 8.45. The van der Waals surface area contributed by atoms with Crippen LogP contribution in [0.4, 0.5) is 14.5 Å². The van der Waals surface area contributed by atoms with Gasteiger partial charge in [-0.25, -0.2) is 8.78 Å². The van der Waals surface area contributed by atoms with Crippen molar-refractivity contribution in [2.24, 2.45) is 10.7 Å². The molecule has 0 fully saturated rings. The molecule has 0 spiro atoms. The molecular weight excluding hydrogens is 338 g/mol. The molecule has 0 aromatic heterocycles. The second kappa shape index (κ2) is 7.33. The highest BCUT2D eigenvalue weighted by molar-refractivity contribution is 5.84. The third-order valence-corrected chi connectivity index (χ3v) is 4.78. The van der Waals surface area contributed by atoms with Crippen LogP contribution in [0, 0.1) is 11.6 Å². The Hall–Kier alpha value is -2.60. The molecule has 1 heterocycles. The number of ether oxygens (including phenoxy) is 1. The summed E-state index contributed by atoms with van der Waals surface area (Å²) in [5, 5.41) is 0. The van der Waals surface area contributed by atoms with Gasteiger partial charge < -0.3 is 15.3 Å². The van der Waals surface area contributed by atoms with Gasteiger partial charge in [-0.15, -0.1) is 0 Å². The van der Waals surface area contributed by atoms with Crippen LogP contribution in [-0.4, -0.2) is 19.6 Å². The molecule has 0 saturated carbocycles. The maximum atomic E-state index is 14.8. The molecule has 0 amide bonds. The van der Waals surface area contributed by atoms with E-state index < -0.39 is 17.7 Å². The molecule has 1 aliphatic heterocycles. The van der Waals surface area contributed by atoms with Crippen LogP contribution in [0.3, 0.4) is 0 Å². The number of aldehydes is 1. The Labute approximate surface area is 150 Å². The fourth-order valence-corrected chi connectivity index (χ4v) is 3.44. The van der Waals surface area contributed by atoms with Gasteiger partial charge in [0.1, 0.15) is 12.1 Å². The fraction of sp³-hybridized carbons (Fsp3) is 0.300. The summed E-state index contributed by atoms with van der Waals surface area (Å²) in [6.07, 6.45) is 3.70. The Balaban J connectivity index is 2.30. The number of halogens is 2. The fourth-order valence-electron chi connectivity index (χ4n) is 3.44. The zero-order valence-corrected chi connectivity index (χ0v) is 14.6. The van der Waals surface area contributed by atoms with Crippen molar-refractivity contribution in [1.29, 1.82) is 0 Å². The van der Waals surface area contributed by atoms with E-state index in [4.69, 9.17) is 10.5 Å². The lowest BCUT2D eigenvalue weighted by Gasteiger charge is -2.26. The highest BCUT2D eigenvalue weighted by Gasteiger charge is 2.28. The second-order valence-corrected chi connectivity index (χ2v) is 6.25. The zero-order valence-electron chi connectivity index (χ0n) is 14.6. The van der Waals surface area contributed by atoms with Crippen molar-refractivity contribution in [2.75, 3.05) is 7.11 Å². The van der Waals surface area contributed by atoms with Crippen LogP contribution in [0.15, 0.2) is 29.3 Å². The number of benzene rings is 2. The molecule has 6 heteroatoms. The number of hydrogen-bond acceptors (Lipinski definition) is 4. The van der Waals surface area contributed by atoms with Gasteiger partial charge in [0.2, 0.25) is 0 Å². The third-order valence-electron chi connectivity index (χ3n) is 4.78. The second-order valence-electron chi connectivity index (χ2n) is 6.25. The van der Waals surface area contributed by atoms with Crippen LogP contribution in [0.5, 0.6) is 5.75 Å². The lowest BCUT2D eigenvalue weighted by Crippen LogP contribution is -2.17. The quantitative estimate of drug-likeness (QED) is 0.804. The number of nitrogens with zero attached hydrogens (tertiary/aromatic N) is 1. The highest BCUT2D eigenvalue weighted by Crippen LogP contribution is 2.46. The van der Waals surface area contributed by atoms with Gasteiger partial charge in [-0.1, -0.05) is 13.0 Å². The Bertz CT molecular complexity index is 881. The number of carbonyl (C=O) groups is 1. The average molecular weight is 358 g/mol. The summed E-state index contributed by atoms with van der Waals surface area (Å²) in [4.78, 5) is 15.5. The first-order valence-corrected chi connectivity index (χ1v) is 8.45. The van der Waals surface area contributed by atoms with Crippen LogP contribution >= 0.6 is 0 Å². The van der Waals surface area contributed by atoms with E-state index in [-0.39, 0.29) is 17.2 Å². The molecule has 2 N–H and O–H groups in total. The molecule has 0 saturated heterocycles. The Morgan fingerprint density at radius 3 is 2.73 bits per heavy atom. The zero-order chi connectivity index (χ0) is 18.8. The molecule has 2 unspecified atom stereocenters. The summed E-state index contributed by atoms with van der Waals surface area (Å²) in [6.45, 7) is 2.02. The van der Waals surface area contributed by atoms with E-state index in [1.54, 1.807) is 12.3 Å². The molecule has 2 atom stereocenters. The van der Waals surface area contributed by atoms with Crippen LogP contribution in [0.2, 0.25) is 0 Å². The minimum absolute atomic E-state index is 0.0841. The predicted molar refractivity (Wildman–Crippen MR) is 97.1 cm³/mol. The summed E-state index contributed by atoms with van der Waals surface area (Å²) in [5.74, 6) is -0.947. The minimum Gasteiger partial charge on any atom is -0.494 e. The summed E-state index contributed by atoms with van der Waals surface area (Å²) >= 11 is 0. The number of hydrogen-bond donors (Lipinski definition) is 1. The van der Waals surface area contributed by atoms with Crippen LogP contribution in [0.1, 0.15) is 42.9 Å². The van der Waals surface area contributed by atoms with E-state index in [0.29, 0.717) is 29.5 Å². The van der Waals surface area contributed by atoms with Gasteiger partial charge in [0.15, 0.2) is 11.6 Å². The van der Waals surface area contributed by atoms with E-state index >= 15 is 0 Å². The predicted octanol–water partition coefficient (Wildman–Crippen LogP) is 4.44. The summed E-state index contributed by atoms with van der Waals surface area (Å²) in [6, 6.07) is 4.73. The van der Waals surface area contributed by atoms with Crippen molar-refractivity contribution in [3.8, 4) is 16.9 Å². The highest BCUT2D eigenvalue weighted by atomic mass is 19.1. The van der Waals surface area contributed by atoms with E-state index in [1.807, 2.05) is 6.92 Å². The van der Waals surface area contributed by atoms with E-state index in [1.165, 1.54) is 25.3 Å². The molecule has 4 nitrogen and oxygen atoms in total. The van der Waals surface area contributed by atoms with Gasteiger partial charge >= 0.3 is 0 Å². The molecule has 0 aliphatic carbocycles. The van der Waals surface area contributed by atoms with Crippen molar-refractivity contribution in [3.05, 3.63) is 47.0 Å². The molecule has 2 aromatic carbocycles. The van der Waals surface area contributed by atoms with Crippen molar-refractivity contribution in [1.82, 2.24) is 0 Å². The van der Waals surface area contributed by atoms with Crippen molar-refractivity contribution in [3.63, 3.8) is 0 Å². The van der Waals surface area contributed by atoms with Crippen molar-refractivity contribution >= 4 is 18.2 Å². The summed E-state index contributed by atoms with van der Waals surface area (Å²) < 4.78 is 34.0. The first kappa shape index (κ1) is 18.2. The lowest BCUT2D eigenvalue weighted by atomic mass is 9.82. The number of nitrogens with two attached hydrogens (primary N) is 1. The number of rotatable bonds is 5. The van der Waals surface area contributed by atoms with E-state index in [2.05, 4.69) is 4.99 Å². The molecule has 0 radical (unpaired) electrons. The smallest absolute Gasteiger partial charge is 0.165 e. The van der Waals surface area contributed by atoms with Gasteiger partial charge in [0.05, 0.1) is 18.8 Å². The maximum absolute atomic E-state index is 14.8. The molecule has 2 aromatic rings. The molecular formula is C20H20F2N2O2. The monoisotopic (exact) mass is 358 g/mol. The van der Waals surface area contributed by atoms with Crippen molar-refractivity contribution < 1.29 is 18.3 Å². The molecule has 136 valence electrons. The van der Waals surface area contributed by atoms with Gasteiger partial charge in [0, 0.05) is 11.8 Å². The van der Waals surface area contributed by atoms with Gasteiger partial charge in [0.25, 0.3) is 0 Å². The Morgan fingerprint density at radius 2 is 2.12 bits per heavy atom. The summed E-state index contributed by atoms with van der Waals surface area (Å²) in [5.41, 5.74) is 8.15. The number of aliphatic imine (C=N–C) groups is 1. The lowest BCUT2D eigenvalue weighted by molar-refractivity contribution is -0.109. The average Bonchev–Trinajstić information content (AvgIpc) is 2.66. The number of fused-ring (bicyclic) bond motifs is 1. The largest absolute Gasteiger partial charge is 0.494 e. The Morgan fingerprint density at radius 1 is 1.35 bits per heavy atom. The Kier molecular flexibility index (Phi) is 5.13. The molecule has 3 rings (SSSR count). The molecule has 26 heavy (non-hydrogen) atoms.